The van der Waals surface area contributed by atoms with Gasteiger partial charge in [0.15, 0.2) is 0 Å². The van der Waals surface area contributed by atoms with Gasteiger partial charge in [0.25, 0.3) is 0 Å². The van der Waals surface area contributed by atoms with E-state index in [9.17, 15) is 0 Å². The molecule has 1 rings (SSSR count). The number of aromatic nitrogens is 1. The molecule has 0 aliphatic carbocycles. The van der Waals surface area contributed by atoms with E-state index >= 15 is 0 Å². The molecular formula is C16H33N3. The summed E-state index contributed by atoms with van der Waals surface area (Å²) in [4.78, 5) is 6.03. The molecule has 2 N–H and O–H groups in total. The normalized spacial score (nSPS) is 10.1. The van der Waals surface area contributed by atoms with Crippen LogP contribution in [0.15, 0.2) is 30.6 Å². The molecule has 112 valence electrons. The van der Waals surface area contributed by atoms with Gasteiger partial charge in [-0.1, -0.05) is 26.3 Å². The Kier molecular flexibility index (Phi) is 14.5. The Morgan fingerprint density at radius 2 is 1.58 bits per heavy atom. The van der Waals surface area contributed by atoms with Crippen molar-refractivity contribution in [2.24, 2.45) is 5.73 Å². The average molecular weight is 267 g/mol. The van der Waals surface area contributed by atoms with Crippen LogP contribution in [-0.4, -0.2) is 36.1 Å². The molecule has 0 saturated carbocycles. The van der Waals surface area contributed by atoms with Crippen molar-refractivity contribution in [3.8, 4) is 0 Å². The van der Waals surface area contributed by atoms with Crippen molar-refractivity contribution in [1.29, 1.82) is 0 Å². The van der Waals surface area contributed by atoms with Crippen LogP contribution in [0, 0.1) is 0 Å². The number of nitrogens with zero attached hydrogens (tertiary/aromatic N) is 2. The van der Waals surface area contributed by atoms with Crippen molar-refractivity contribution in [3.05, 3.63) is 30.6 Å². The second-order valence-electron chi connectivity index (χ2n) is 5.23. The highest BCUT2D eigenvalue weighted by atomic mass is 15.1. The maximum Gasteiger partial charge on any atom is 0.0267 e. The fraction of sp³-hybridized carbons (Fsp3) is 0.688. The van der Waals surface area contributed by atoms with E-state index in [1.54, 1.807) is 12.4 Å². The number of pyridine rings is 1. The molecule has 3 heteroatoms. The molecule has 1 aromatic rings. The molecule has 0 atom stereocenters. The molecule has 0 bridgehead atoms. The lowest BCUT2D eigenvalue weighted by atomic mass is 10.0. The molecule has 0 aliphatic rings. The van der Waals surface area contributed by atoms with Crippen LogP contribution in [0.25, 0.3) is 0 Å². The largest absolute Gasteiger partial charge is 0.330 e. The van der Waals surface area contributed by atoms with Crippen LogP contribution in [0.1, 0.15) is 47.0 Å². The topological polar surface area (TPSA) is 42.1 Å². The second kappa shape index (κ2) is 13.5. The van der Waals surface area contributed by atoms with Crippen molar-refractivity contribution in [3.63, 3.8) is 0 Å². The molecule has 0 amide bonds. The first-order valence-corrected chi connectivity index (χ1v) is 7.14. The molecule has 0 aromatic carbocycles. The molecule has 1 aromatic heterocycles. The standard InChI is InChI=1S/C7H17N.C5H5N.C4H11N/c1-6-7(2,3)8(4)5;1-2-4-6-5-3-1;1-2-3-4-5/h6H2,1-5H3;1-5H;2-5H2,1H3. The van der Waals surface area contributed by atoms with Gasteiger partial charge in [0.2, 0.25) is 0 Å². The van der Waals surface area contributed by atoms with Crippen LogP contribution in [0.4, 0.5) is 0 Å². The molecule has 0 radical (unpaired) electrons. The van der Waals surface area contributed by atoms with Crippen LogP contribution in [0.2, 0.25) is 0 Å². The van der Waals surface area contributed by atoms with Crippen molar-refractivity contribution < 1.29 is 0 Å². The van der Waals surface area contributed by atoms with Gasteiger partial charge in [-0.3, -0.25) is 4.98 Å². The third-order valence-corrected chi connectivity index (χ3v) is 3.20. The fourth-order valence-electron chi connectivity index (χ4n) is 0.833. The van der Waals surface area contributed by atoms with Gasteiger partial charge in [-0.05, 0) is 59.5 Å². The summed E-state index contributed by atoms with van der Waals surface area (Å²) >= 11 is 0. The first-order valence-electron chi connectivity index (χ1n) is 7.14. The van der Waals surface area contributed by atoms with Gasteiger partial charge in [-0.15, -0.1) is 0 Å². The number of unbranched alkanes of at least 4 members (excludes halogenated alkanes) is 1. The predicted molar refractivity (Wildman–Crippen MR) is 86.3 cm³/mol. The van der Waals surface area contributed by atoms with Crippen molar-refractivity contribution in [2.45, 2.75) is 52.5 Å². The van der Waals surface area contributed by atoms with E-state index in [1.807, 2.05) is 18.2 Å². The average Bonchev–Trinajstić information content (AvgIpc) is 2.43. The smallest absolute Gasteiger partial charge is 0.0267 e. The van der Waals surface area contributed by atoms with E-state index < -0.39 is 0 Å². The zero-order chi connectivity index (χ0) is 15.1. The lowest BCUT2D eigenvalue weighted by molar-refractivity contribution is 0.189. The molecular weight excluding hydrogens is 234 g/mol. The molecule has 0 unspecified atom stereocenters. The number of hydrogen-bond donors (Lipinski definition) is 1. The van der Waals surface area contributed by atoms with Crippen LogP contribution in [-0.2, 0) is 0 Å². The predicted octanol–water partition coefficient (Wildman–Crippen LogP) is 3.56. The Bertz CT molecular complexity index is 229. The Labute approximate surface area is 120 Å². The van der Waals surface area contributed by atoms with Gasteiger partial charge >= 0.3 is 0 Å². The van der Waals surface area contributed by atoms with Crippen LogP contribution < -0.4 is 5.73 Å². The highest BCUT2D eigenvalue weighted by molar-refractivity contribution is 4.88. The summed E-state index contributed by atoms with van der Waals surface area (Å²) in [6.07, 6.45) is 7.09. The quantitative estimate of drug-likeness (QED) is 0.907. The minimum atomic E-state index is 0.375. The summed E-state index contributed by atoms with van der Waals surface area (Å²) in [7, 11) is 4.23. The van der Waals surface area contributed by atoms with E-state index in [0.717, 1.165) is 6.54 Å². The van der Waals surface area contributed by atoms with Gasteiger partial charge in [0.1, 0.15) is 0 Å². The second-order valence-corrected chi connectivity index (χ2v) is 5.23. The molecule has 0 fully saturated rings. The lowest BCUT2D eigenvalue weighted by Crippen LogP contribution is -2.36. The zero-order valence-electron chi connectivity index (χ0n) is 13.7. The third-order valence-electron chi connectivity index (χ3n) is 3.20. The van der Waals surface area contributed by atoms with Crippen molar-refractivity contribution in [2.75, 3.05) is 20.6 Å². The van der Waals surface area contributed by atoms with E-state index in [-0.39, 0.29) is 0 Å². The summed E-state index contributed by atoms with van der Waals surface area (Å²) in [5.74, 6) is 0. The zero-order valence-corrected chi connectivity index (χ0v) is 13.7. The van der Waals surface area contributed by atoms with Crippen LogP contribution in [0.3, 0.4) is 0 Å². The highest BCUT2D eigenvalue weighted by Gasteiger charge is 2.16. The van der Waals surface area contributed by atoms with Crippen LogP contribution >= 0.6 is 0 Å². The summed E-state index contributed by atoms with van der Waals surface area (Å²) in [6.45, 7) is 9.67. The fourth-order valence-corrected chi connectivity index (χ4v) is 0.833. The highest BCUT2D eigenvalue weighted by Crippen LogP contribution is 2.12. The molecule has 0 saturated heterocycles. The monoisotopic (exact) mass is 267 g/mol. The van der Waals surface area contributed by atoms with E-state index in [0.29, 0.717) is 5.54 Å². The first kappa shape index (κ1) is 20.4. The van der Waals surface area contributed by atoms with Gasteiger partial charge in [-0.2, -0.15) is 0 Å². The Hall–Kier alpha value is -0.930. The Morgan fingerprint density at radius 1 is 1.05 bits per heavy atom. The number of nitrogens with two attached hydrogens (primary N) is 1. The van der Waals surface area contributed by atoms with Crippen LogP contribution in [0.5, 0.6) is 0 Å². The van der Waals surface area contributed by atoms with Gasteiger partial charge in [0, 0.05) is 17.9 Å². The van der Waals surface area contributed by atoms with E-state index in [1.165, 1.54) is 19.3 Å². The lowest BCUT2D eigenvalue weighted by Gasteiger charge is -2.30. The summed E-state index contributed by atoms with van der Waals surface area (Å²) in [5.41, 5.74) is 5.51. The number of hydrogen-bond acceptors (Lipinski definition) is 3. The number of rotatable bonds is 4. The van der Waals surface area contributed by atoms with Crippen molar-refractivity contribution >= 4 is 0 Å². The molecule has 3 nitrogen and oxygen atoms in total. The molecule has 0 aliphatic heterocycles. The van der Waals surface area contributed by atoms with Gasteiger partial charge < -0.3 is 10.6 Å². The molecule has 1 heterocycles. The van der Waals surface area contributed by atoms with E-state index in [2.05, 4.69) is 51.7 Å². The Balaban J connectivity index is 0. The van der Waals surface area contributed by atoms with Gasteiger partial charge in [-0.25, -0.2) is 0 Å². The summed E-state index contributed by atoms with van der Waals surface area (Å²) < 4.78 is 0. The third kappa shape index (κ3) is 15.0. The minimum absolute atomic E-state index is 0.375. The first-order chi connectivity index (χ1) is 8.92. The Morgan fingerprint density at radius 3 is 1.63 bits per heavy atom. The minimum Gasteiger partial charge on any atom is -0.330 e. The maximum atomic E-state index is 5.14. The SMILES string of the molecule is CCC(C)(C)N(C)C.CCCCN.c1ccncc1. The molecule has 19 heavy (non-hydrogen) atoms. The molecule has 0 spiro atoms. The summed E-state index contributed by atoms with van der Waals surface area (Å²) in [6, 6.07) is 5.72. The van der Waals surface area contributed by atoms with E-state index in [4.69, 9.17) is 5.73 Å². The van der Waals surface area contributed by atoms with Crippen molar-refractivity contribution in [1.82, 2.24) is 9.88 Å². The summed E-state index contributed by atoms with van der Waals surface area (Å²) in [5, 5.41) is 0. The maximum absolute atomic E-state index is 5.14. The van der Waals surface area contributed by atoms with Gasteiger partial charge in [0.05, 0.1) is 0 Å².